The molecular weight excluding hydrogens is 368 g/mol. The molecule has 0 radical (unpaired) electrons. The van der Waals surface area contributed by atoms with Crippen LogP contribution in [0.3, 0.4) is 0 Å². The Bertz CT molecular complexity index is 1000. The zero-order valence-corrected chi connectivity index (χ0v) is 17.3. The second-order valence-corrected chi connectivity index (χ2v) is 7.40. The smallest absolute Gasteiger partial charge is 0.224 e. The number of nitrogens with zero attached hydrogens (tertiary/aromatic N) is 6. The van der Waals surface area contributed by atoms with Crippen molar-refractivity contribution in [2.24, 2.45) is 0 Å². The van der Waals surface area contributed by atoms with Gasteiger partial charge in [-0.25, -0.2) is 9.97 Å². The van der Waals surface area contributed by atoms with E-state index in [0.717, 1.165) is 54.2 Å². The highest BCUT2D eigenvalue weighted by Crippen LogP contribution is 2.37. The zero-order valence-electron chi connectivity index (χ0n) is 17.3. The molecular formula is C21H26N6O2. The maximum atomic E-state index is 5.48. The summed E-state index contributed by atoms with van der Waals surface area (Å²) >= 11 is 0. The van der Waals surface area contributed by atoms with Crippen molar-refractivity contribution in [1.82, 2.24) is 20.2 Å². The fourth-order valence-corrected chi connectivity index (χ4v) is 3.82. The third kappa shape index (κ3) is 3.74. The van der Waals surface area contributed by atoms with Gasteiger partial charge >= 0.3 is 0 Å². The van der Waals surface area contributed by atoms with Gasteiger partial charge in [0.05, 0.1) is 20.4 Å². The Labute approximate surface area is 170 Å². The van der Waals surface area contributed by atoms with E-state index in [0.29, 0.717) is 17.4 Å². The van der Waals surface area contributed by atoms with Crippen molar-refractivity contribution in [2.75, 3.05) is 51.2 Å². The molecule has 29 heavy (non-hydrogen) atoms. The van der Waals surface area contributed by atoms with Gasteiger partial charge in [-0.1, -0.05) is 0 Å². The van der Waals surface area contributed by atoms with Gasteiger partial charge in [0.15, 0.2) is 17.3 Å². The van der Waals surface area contributed by atoms with Crippen molar-refractivity contribution < 1.29 is 9.47 Å². The number of benzene rings is 1. The Morgan fingerprint density at radius 2 is 1.79 bits per heavy atom. The quantitative estimate of drug-likeness (QED) is 0.654. The first-order chi connectivity index (χ1) is 14.1. The molecule has 0 aliphatic carbocycles. The van der Waals surface area contributed by atoms with E-state index in [1.54, 1.807) is 20.4 Å². The number of aromatic nitrogens is 4. The highest BCUT2D eigenvalue weighted by atomic mass is 16.5. The first-order valence-electron chi connectivity index (χ1n) is 9.73. The van der Waals surface area contributed by atoms with Gasteiger partial charge in [-0.2, -0.15) is 5.10 Å². The van der Waals surface area contributed by atoms with Crippen LogP contribution in [0, 0.1) is 0 Å². The zero-order chi connectivity index (χ0) is 20.4. The molecule has 152 valence electrons. The molecule has 3 heterocycles. The van der Waals surface area contributed by atoms with Crippen molar-refractivity contribution in [1.29, 1.82) is 0 Å². The van der Waals surface area contributed by atoms with Crippen molar-refractivity contribution in [3.8, 4) is 11.5 Å². The molecule has 1 saturated heterocycles. The first-order valence-corrected chi connectivity index (χ1v) is 9.73. The molecule has 0 atom stereocenters. The molecule has 8 heteroatoms. The highest BCUT2D eigenvalue weighted by molar-refractivity contribution is 5.94. The van der Waals surface area contributed by atoms with Gasteiger partial charge in [0.1, 0.15) is 0 Å². The lowest BCUT2D eigenvalue weighted by molar-refractivity contribution is 0.356. The number of ether oxygens (including phenoxy) is 2. The largest absolute Gasteiger partial charge is 0.493 e. The van der Waals surface area contributed by atoms with Crippen LogP contribution in [0.2, 0.25) is 0 Å². The molecule has 0 N–H and O–H groups in total. The van der Waals surface area contributed by atoms with Crippen LogP contribution < -0.4 is 19.3 Å². The Kier molecular flexibility index (Phi) is 5.33. The molecule has 0 saturated carbocycles. The lowest BCUT2D eigenvalue weighted by atomic mass is 9.93. The summed E-state index contributed by atoms with van der Waals surface area (Å²) in [7, 11) is 7.21. The molecule has 0 bridgehead atoms. The van der Waals surface area contributed by atoms with Gasteiger partial charge in [0, 0.05) is 55.8 Å². The molecule has 0 unspecified atom stereocenters. The van der Waals surface area contributed by atoms with E-state index in [1.165, 1.54) is 0 Å². The maximum absolute atomic E-state index is 5.48. The Balaban J connectivity index is 1.57. The fourth-order valence-electron chi connectivity index (χ4n) is 3.82. The summed E-state index contributed by atoms with van der Waals surface area (Å²) in [6.45, 7) is 1.79. The van der Waals surface area contributed by atoms with Gasteiger partial charge in [-0.3, -0.25) is 0 Å². The van der Waals surface area contributed by atoms with E-state index >= 15 is 0 Å². The lowest BCUT2D eigenvalue weighted by Gasteiger charge is -2.33. The van der Waals surface area contributed by atoms with Crippen LogP contribution in [0.4, 0.5) is 11.8 Å². The van der Waals surface area contributed by atoms with Crippen molar-refractivity contribution in [2.45, 2.75) is 18.8 Å². The summed E-state index contributed by atoms with van der Waals surface area (Å²) in [5, 5.41) is 10.7. The van der Waals surface area contributed by atoms with Gasteiger partial charge < -0.3 is 19.3 Å². The predicted octanol–water partition coefficient (Wildman–Crippen LogP) is 2.89. The standard InChI is InChI=1S/C21H26N6O2/c1-26(2)21-22-8-5-17(24-21)14-6-9-27(10-7-14)20-16-12-19(29-4)18(28-3)11-15(16)13-23-25-20/h5,8,11-14H,6-7,9-10H2,1-4H3. The molecule has 1 fully saturated rings. The van der Waals surface area contributed by atoms with E-state index in [9.17, 15) is 0 Å². The number of methoxy groups -OCH3 is 2. The summed E-state index contributed by atoms with van der Waals surface area (Å²) in [5.41, 5.74) is 1.11. The topological polar surface area (TPSA) is 76.5 Å². The van der Waals surface area contributed by atoms with Gasteiger partial charge in [0.25, 0.3) is 0 Å². The number of fused-ring (bicyclic) bond motifs is 1. The normalized spacial score (nSPS) is 14.8. The van der Waals surface area contributed by atoms with Crippen LogP contribution in [0.1, 0.15) is 24.5 Å². The van der Waals surface area contributed by atoms with Crippen molar-refractivity contribution in [3.05, 3.63) is 36.3 Å². The number of anilines is 2. The van der Waals surface area contributed by atoms with E-state index in [-0.39, 0.29) is 0 Å². The molecule has 1 aliphatic heterocycles. The molecule has 0 amide bonds. The van der Waals surface area contributed by atoms with E-state index in [1.807, 2.05) is 43.4 Å². The maximum Gasteiger partial charge on any atom is 0.224 e. The number of hydrogen-bond acceptors (Lipinski definition) is 8. The average Bonchev–Trinajstić information content (AvgIpc) is 2.77. The van der Waals surface area contributed by atoms with Crippen LogP contribution in [0.5, 0.6) is 11.5 Å². The van der Waals surface area contributed by atoms with Crippen LogP contribution in [0.25, 0.3) is 10.8 Å². The Morgan fingerprint density at radius 1 is 1.07 bits per heavy atom. The van der Waals surface area contributed by atoms with Crippen LogP contribution in [0.15, 0.2) is 30.6 Å². The molecule has 1 aromatic carbocycles. The predicted molar refractivity (Wildman–Crippen MR) is 113 cm³/mol. The van der Waals surface area contributed by atoms with Gasteiger partial charge in [0.2, 0.25) is 5.95 Å². The van der Waals surface area contributed by atoms with Crippen molar-refractivity contribution in [3.63, 3.8) is 0 Å². The minimum Gasteiger partial charge on any atom is -0.493 e. The number of hydrogen-bond donors (Lipinski definition) is 0. The molecule has 2 aromatic heterocycles. The minimum absolute atomic E-state index is 0.422. The van der Waals surface area contributed by atoms with Crippen molar-refractivity contribution >= 4 is 22.5 Å². The molecule has 1 aliphatic rings. The van der Waals surface area contributed by atoms with E-state index in [2.05, 4.69) is 20.1 Å². The van der Waals surface area contributed by atoms with Crippen LogP contribution >= 0.6 is 0 Å². The molecule has 8 nitrogen and oxygen atoms in total. The Morgan fingerprint density at radius 3 is 2.48 bits per heavy atom. The van der Waals surface area contributed by atoms with E-state index in [4.69, 9.17) is 14.5 Å². The third-order valence-electron chi connectivity index (χ3n) is 5.42. The van der Waals surface area contributed by atoms with Crippen LogP contribution in [-0.4, -0.2) is 61.6 Å². The summed E-state index contributed by atoms with van der Waals surface area (Å²) < 4.78 is 10.9. The van der Waals surface area contributed by atoms with Crippen LogP contribution in [-0.2, 0) is 0 Å². The molecule has 0 spiro atoms. The second-order valence-electron chi connectivity index (χ2n) is 7.40. The number of piperidine rings is 1. The van der Waals surface area contributed by atoms with Gasteiger partial charge in [-0.15, -0.1) is 5.10 Å². The van der Waals surface area contributed by atoms with Gasteiger partial charge in [-0.05, 0) is 31.0 Å². The summed E-state index contributed by atoms with van der Waals surface area (Å²) in [5.74, 6) is 3.45. The SMILES string of the molecule is COc1cc2cnnc(N3CCC(c4ccnc(N(C)C)n4)CC3)c2cc1OC. The fraction of sp³-hybridized carbons (Fsp3) is 0.429. The monoisotopic (exact) mass is 394 g/mol. The lowest BCUT2D eigenvalue weighted by Crippen LogP contribution is -2.34. The third-order valence-corrected chi connectivity index (χ3v) is 5.42. The highest BCUT2D eigenvalue weighted by Gasteiger charge is 2.25. The number of rotatable bonds is 5. The van der Waals surface area contributed by atoms with E-state index < -0.39 is 0 Å². The first kappa shape index (κ1) is 19.2. The summed E-state index contributed by atoms with van der Waals surface area (Å²) in [4.78, 5) is 13.3. The summed E-state index contributed by atoms with van der Waals surface area (Å²) in [6.07, 6.45) is 5.63. The molecule has 4 rings (SSSR count). The minimum atomic E-state index is 0.422. The average molecular weight is 394 g/mol. The second kappa shape index (κ2) is 8.06. The molecule has 3 aromatic rings. The Hall–Kier alpha value is -3.16. The summed E-state index contributed by atoms with van der Waals surface area (Å²) in [6, 6.07) is 5.96.